The summed E-state index contributed by atoms with van der Waals surface area (Å²) in [6.07, 6.45) is 2.56. The third-order valence-electron chi connectivity index (χ3n) is 2.89. The lowest BCUT2D eigenvalue weighted by molar-refractivity contribution is -0.137. The van der Waals surface area contributed by atoms with Crippen molar-refractivity contribution in [2.45, 2.75) is 19.3 Å². The Morgan fingerprint density at radius 3 is 2.47 bits per heavy atom. The van der Waals surface area contributed by atoms with Crippen LogP contribution in [0.15, 0.2) is 24.3 Å². The Bertz CT molecular complexity index is 369. The van der Waals surface area contributed by atoms with Crippen molar-refractivity contribution in [3.05, 3.63) is 24.3 Å². The topological polar surface area (TPSA) is 49.8 Å². The third kappa shape index (κ3) is 3.37. The van der Waals surface area contributed by atoms with Crippen LogP contribution in [0.4, 0.5) is 5.69 Å². The van der Waals surface area contributed by atoms with Gasteiger partial charge >= 0.3 is 5.97 Å². The number of benzene rings is 1. The van der Waals surface area contributed by atoms with Gasteiger partial charge in [0.1, 0.15) is 5.75 Å². The van der Waals surface area contributed by atoms with Gasteiger partial charge in [-0.15, -0.1) is 0 Å². The first kappa shape index (κ1) is 11.8. The zero-order valence-electron chi connectivity index (χ0n) is 9.76. The molecule has 0 radical (unpaired) electrons. The number of hydrogen-bond acceptors (Lipinski definition) is 3. The molecule has 1 aliphatic rings. The molecule has 17 heavy (non-hydrogen) atoms. The number of aliphatic carboxylic acids is 1. The maximum atomic E-state index is 10.3. The minimum atomic E-state index is -0.835. The van der Waals surface area contributed by atoms with Crippen molar-refractivity contribution in [3.63, 3.8) is 0 Å². The Kier molecular flexibility index (Phi) is 3.85. The van der Waals surface area contributed by atoms with Crippen LogP contribution in [0.1, 0.15) is 19.3 Å². The van der Waals surface area contributed by atoms with Crippen molar-refractivity contribution in [2.75, 3.05) is 24.6 Å². The Morgan fingerprint density at radius 1 is 1.24 bits per heavy atom. The first-order valence-electron chi connectivity index (χ1n) is 5.95. The molecule has 1 aromatic rings. The Balaban J connectivity index is 1.86. The molecule has 0 saturated carbocycles. The molecule has 1 heterocycles. The minimum Gasteiger partial charge on any atom is -0.493 e. The Morgan fingerprint density at radius 2 is 1.88 bits per heavy atom. The van der Waals surface area contributed by atoms with E-state index in [2.05, 4.69) is 4.90 Å². The maximum absolute atomic E-state index is 10.3. The number of nitrogens with zero attached hydrogens (tertiary/aromatic N) is 1. The molecule has 1 aliphatic heterocycles. The number of hydrogen-bond donors (Lipinski definition) is 1. The molecule has 0 aromatic heterocycles. The standard InChI is InChI=1S/C13H17NO3/c15-13(16)7-10-17-12-5-3-11(4-6-12)14-8-1-2-9-14/h3-6H,1-2,7-10H2,(H,15,16). The van der Waals surface area contributed by atoms with Crippen LogP contribution in [0, 0.1) is 0 Å². The molecule has 2 rings (SSSR count). The van der Waals surface area contributed by atoms with Gasteiger partial charge in [-0.05, 0) is 37.1 Å². The molecule has 0 amide bonds. The fraction of sp³-hybridized carbons (Fsp3) is 0.462. The van der Waals surface area contributed by atoms with Gasteiger partial charge in [0.2, 0.25) is 0 Å². The van der Waals surface area contributed by atoms with Crippen molar-refractivity contribution < 1.29 is 14.6 Å². The van der Waals surface area contributed by atoms with Crippen molar-refractivity contribution in [3.8, 4) is 5.75 Å². The molecule has 1 aromatic carbocycles. The zero-order chi connectivity index (χ0) is 12.1. The van der Waals surface area contributed by atoms with E-state index in [0.717, 1.165) is 18.8 Å². The van der Waals surface area contributed by atoms with E-state index < -0.39 is 5.97 Å². The summed E-state index contributed by atoms with van der Waals surface area (Å²) in [7, 11) is 0. The van der Waals surface area contributed by atoms with Gasteiger partial charge in [0.05, 0.1) is 13.0 Å². The molecule has 1 N–H and O–H groups in total. The first-order valence-corrected chi connectivity index (χ1v) is 5.95. The van der Waals surface area contributed by atoms with Crippen molar-refractivity contribution in [1.29, 1.82) is 0 Å². The minimum absolute atomic E-state index is 0.0356. The normalized spacial score (nSPS) is 14.9. The van der Waals surface area contributed by atoms with Crippen molar-refractivity contribution in [1.82, 2.24) is 0 Å². The lowest BCUT2D eigenvalue weighted by Gasteiger charge is -2.17. The molecular weight excluding hydrogens is 218 g/mol. The second-order valence-corrected chi connectivity index (χ2v) is 4.18. The molecule has 0 unspecified atom stereocenters. The average Bonchev–Trinajstić information content (AvgIpc) is 2.83. The van der Waals surface area contributed by atoms with Crippen molar-refractivity contribution >= 4 is 11.7 Å². The highest BCUT2D eigenvalue weighted by atomic mass is 16.5. The highest BCUT2D eigenvalue weighted by molar-refractivity contribution is 5.66. The number of ether oxygens (including phenoxy) is 1. The van der Waals surface area contributed by atoms with Gasteiger partial charge in [0.15, 0.2) is 0 Å². The van der Waals surface area contributed by atoms with Gasteiger partial charge in [-0.3, -0.25) is 4.79 Å². The number of carbonyl (C=O) groups is 1. The molecular formula is C13H17NO3. The van der Waals surface area contributed by atoms with E-state index in [0.29, 0.717) is 0 Å². The predicted molar refractivity (Wildman–Crippen MR) is 65.6 cm³/mol. The molecule has 4 nitrogen and oxygen atoms in total. The predicted octanol–water partition coefficient (Wildman–Crippen LogP) is 2.14. The number of carboxylic acids is 1. The second-order valence-electron chi connectivity index (χ2n) is 4.18. The fourth-order valence-corrected chi connectivity index (χ4v) is 1.98. The first-order chi connectivity index (χ1) is 8.25. The van der Waals surface area contributed by atoms with Crippen LogP contribution >= 0.6 is 0 Å². The summed E-state index contributed by atoms with van der Waals surface area (Å²) in [4.78, 5) is 12.7. The summed E-state index contributed by atoms with van der Waals surface area (Å²) in [5.74, 6) is -0.104. The van der Waals surface area contributed by atoms with E-state index in [9.17, 15) is 4.79 Å². The highest BCUT2D eigenvalue weighted by Gasteiger charge is 2.11. The van der Waals surface area contributed by atoms with Crippen LogP contribution in [0.5, 0.6) is 5.75 Å². The molecule has 0 aliphatic carbocycles. The average molecular weight is 235 g/mol. The van der Waals surface area contributed by atoms with Crippen LogP contribution in [-0.2, 0) is 4.79 Å². The van der Waals surface area contributed by atoms with Gasteiger partial charge in [-0.1, -0.05) is 0 Å². The monoisotopic (exact) mass is 235 g/mol. The lowest BCUT2D eigenvalue weighted by Crippen LogP contribution is -2.17. The van der Waals surface area contributed by atoms with Gasteiger partial charge in [0.25, 0.3) is 0 Å². The van der Waals surface area contributed by atoms with Crippen molar-refractivity contribution in [2.24, 2.45) is 0 Å². The molecule has 92 valence electrons. The SMILES string of the molecule is O=C(O)CCOc1ccc(N2CCCC2)cc1. The molecule has 0 atom stereocenters. The Hall–Kier alpha value is -1.71. The molecule has 1 fully saturated rings. The largest absolute Gasteiger partial charge is 0.493 e. The number of anilines is 1. The number of rotatable bonds is 5. The van der Waals surface area contributed by atoms with E-state index in [1.54, 1.807) is 0 Å². The summed E-state index contributed by atoms with van der Waals surface area (Å²) in [6, 6.07) is 7.86. The van der Waals surface area contributed by atoms with E-state index in [-0.39, 0.29) is 13.0 Å². The summed E-state index contributed by atoms with van der Waals surface area (Å²) in [6.45, 7) is 2.47. The quantitative estimate of drug-likeness (QED) is 0.849. The van der Waals surface area contributed by atoms with Gasteiger partial charge in [-0.25, -0.2) is 0 Å². The molecule has 0 bridgehead atoms. The smallest absolute Gasteiger partial charge is 0.306 e. The van der Waals surface area contributed by atoms with Crippen LogP contribution in [0.2, 0.25) is 0 Å². The molecule has 1 saturated heterocycles. The van der Waals surface area contributed by atoms with Crippen LogP contribution in [0.25, 0.3) is 0 Å². The Labute approximate surface area is 101 Å². The lowest BCUT2D eigenvalue weighted by atomic mass is 10.3. The third-order valence-corrected chi connectivity index (χ3v) is 2.89. The van der Waals surface area contributed by atoms with E-state index in [1.807, 2.05) is 24.3 Å². The second kappa shape index (κ2) is 5.57. The van der Waals surface area contributed by atoms with Crippen LogP contribution in [-0.4, -0.2) is 30.8 Å². The molecule has 4 heteroatoms. The highest BCUT2D eigenvalue weighted by Crippen LogP contribution is 2.22. The summed E-state index contributed by atoms with van der Waals surface area (Å²) in [5.41, 5.74) is 1.22. The van der Waals surface area contributed by atoms with E-state index in [1.165, 1.54) is 18.5 Å². The number of carboxylic acid groups (broad SMARTS) is 1. The zero-order valence-corrected chi connectivity index (χ0v) is 9.76. The van der Waals surface area contributed by atoms with Gasteiger partial charge in [0, 0.05) is 18.8 Å². The van der Waals surface area contributed by atoms with Crippen LogP contribution < -0.4 is 9.64 Å². The van der Waals surface area contributed by atoms with E-state index >= 15 is 0 Å². The van der Waals surface area contributed by atoms with Gasteiger partial charge in [-0.2, -0.15) is 0 Å². The fourth-order valence-electron chi connectivity index (χ4n) is 1.98. The summed E-state index contributed by atoms with van der Waals surface area (Å²) < 4.78 is 5.34. The van der Waals surface area contributed by atoms with Gasteiger partial charge < -0.3 is 14.7 Å². The maximum Gasteiger partial charge on any atom is 0.306 e. The van der Waals surface area contributed by atoms with E-state index in [4.69, 9.17) is 9.84 Å². The summed E-state index contributed by atoms with van der Waals surface area (Å²) >= 11 is 0. The summed E-state index contributed by atoms with van der Waals surface area (Å²) in [5, 5.41) is 8.49. The van der Waals surface area contributed by atoms with Crippen LogP contribution in [0.3, 0.4) is 0 Å². The molecule has 0 spiro atoms.